The highest BCUT2D eigenvalue weighted by molar-refractivity contribution is 5.81. The summed E-state index contributed by atoms with van der Waals surface area (Å²) in [6.07, 6.45) is 2.17. The van der Waals surface area contributed by atoms with Crippen LogP contribution in [0.2, 0.25) is 0 Å². The number of hydrogen-bond acceptors (Lipinski definition) is 4. The smallest absolute Gasteiger partial charge is 0.127 e. The van der Waals surface area contributed by atoms with E-state index in [1.54, 1.807) is 14.2 Å². The van der Waals surface area contributed by atoms with E-state index in [2.05, 4.69) is 48.9 Å². The van der Waals surface area contributed by atoms with Gasteiger partial charge >= 0.3 is 0 Å². The molecule has 0 spiro atoms. The summed E-state index contributed by atoms with van der Waals surface area (Å²) in [6, 6.07) is 4.14. The molecule has 1 aliphatic rings. The number of hydrogen-bond donors (Lipinski definition) is 1. The van der Waals surface area contributed by atoms with Gasteiger partial charge < -0.3 is 19.7 Å². The van der Waals surface area contributed by atoms with Crippen LogP contribution in [0.15, 0.2) is 41.8 Å². The van der Waals surface area contributed by atoms with Crippen LogP contribution in [-0.2, 0) is 6.54 Å². The van der Waals surface area contributed by atoms with Crippen molar-refractivity contribution in [3.05, 3.63) is 52.9 Å². The van der Waals surface area contributed by atoms with Crippen LogP contribution in [0.4, 0.5) is 0 Å². The molecule has 2 rings (SSSR count). The lowest BCUT2D eigenvalue weighted by Crippen LogP contribution is -2.20. The molecule has 23 heavy (non-hydrogen) atoms. The van der Waals surface area contributed by atoms with E-state index in [0.717, 1.165) is 45.2 Å². The molecule has 1 aliphatic heterocycles. The maximum atomic E-state index is 5.59. The van der Waals surface area contributed by atoms with Crippen molar-refractivity contribution in [3.63, 3.8) is 0 Å². The van der Waals surface area contributed by atoms with Gasteiger partial charge in [0.2, 0.25) is 0 Å². The second-order valence-corrected chi connectivity index (χ2v) is 5.72. The van der Waals surface area contributed by atoms with Gasteiger partial charge in [-0.1, -0.05) is 6.58 Å². The largest absolute Gasteiger partial charge is 0.496 e. The van der Waals surface area contributed by atoms with Gasteiger partial charge in [0.05, 0.1) is 14.2 Å². The summed E-state index contributed by atoms with van der Waals surface area (Å²) in [5, 5.41) is 3.16. The first-order valence-corrected chi connectivity index (χ1v) is 7.66. The van der Waals surface area contributed by atoms with Crippen LogP contribution >= 0.6 is 0 Å². The Bertz CT molecular complexity index is 662. The molecule has 0 bridgehead atoms. The molecule has 0 radical (unpaired) electrons. The number of allylic oxidation sites excluding steroid dienone is 4. The molecule has 0 atom stereocenters. The maximum Gasteiger partial charge on any atom is 0.127 e. The average molecular weight is 314 g/mol. The first-order chi connectivity index (χ1) is 10.9. The molecular formula is C19H26N2O2. The molecule has 1 N–H and O–H groups in total. The van der Waals surface area contributed by atoms with Crippen molar-refractivity contribution >= 4 is 5.57 Å². The minimum Gasteiger partial charge on any atom is -0.496 e. The second-order valence-electron chi connectivity index (χ2n) is 5.72. The molecule has 1 aromatic rings. The summed E-state index contributed by atoms with van der Waals surface area (Å²) in [7, 11) is 7.33. The standard InChI is InChI=1S/C19H26N2O2/c1-12-8-16(14(3)21(5)13(12)2)15-9-18(22-6)17(11-20-4)19(10-15)23-7/h8-10,20H,2,11H2,1,3-7H3. The van der Waals surface area contributed by atoms with Crippen molar-refractivity contribution in [2.45, 2.75) is 20.4 Å². The molecule has 4 heteroatoms. The Morgan fingerprint density at radius 2 is 1.70 bits per heavy atom. The highest BCUT2D eigenvalue weighted by atomic mass is 16.5. The number of likely N-dealkylation sites (N-methyl/N-ethyl adjacent to an activating group) is 1. The van der Waals surface area contributed by atoms with Crippen molar-refractivity contribution in [3.8, 4) is 11.5 Å². The Balaban J connectivity index is 2.62. The first-order valence-electron chi connectivity index (χ1n) is 7.66. The van der Waals surface area contributed by atoms with Crippen LogP contribution in [0, 0.1) is 0 Å². The highest BCUT2D eigenvalue weighted by Gasteiger charge is 2.20. The Hall–Kier alpha value is -2.20. The fourth-order valence-electron chi connectivity index (χ4n) is 2.83. The number of ether oxygens (including phenoxy) is 2. The van der Waals surface area contributed by atoms with E-state index < -0.39 is 0 Å². The van der Waals surface area contributed by atoms with E-state index in [1.807, 2.05) is 14.1 Å². The topological polar surface area (TPSA) is 33.7 Å². The van der Waals surface area contributed by atoms with Crippen LogP contribution in [0.25, 0.3) is 5.57 Å². The van der Waals surface area contributed by atoms with E-state index in [4.69, 9.17) is 9.47 Å². The van der Waals surface area contributed by atoms with E-state index in [0.29, 0.717) is 6.54 Å². The molecule has 0 aliphatic carbocycles. The summed E-state index contributed by atoms with van der Waals surface area (Å²) in [5.74, 6) is 1.65. The lowest BCUT2D eigenvalue weighted by atomic mass is 9.94. The zero-order chi connectivity index (χ0) is 17.1. The number of nitrogens with zero attached hydrogens (tertiary/aromatic N) is 1. The highest BCUT2D eigenvalue weighted by Crippen LogP contribution is 2.38. The van der Waals surface area contributed by atoms with Gasteiger partial charge in [0.15, 0.2) is 0 Å². The van der Waals surface area contributed by atoms with E-state index in [9.17, 15) is 0 Å². The minimum absolute atomic E-state index is 0.691. The molecule has 0 saturated carbocycles. The first kappa shape index (κ1) is 17.2. The van der Waals surface area contributed by atoms with Crippen LogP contribution in [-0.4, -0.2) is 33.2 Å². The summed E-state index contributed by atoms with van der Waals surface area (Å²) < 4.78 is 11.2. The third-order valence-corrected chi connectivity index (χ3v) is 4.39. The van der Waals surface area contributed by atoms with Crippen LogP contribution < -0.4 is 14.8 Å². The lowest BCUT2D eigenvalue weighted by molar-refractivity contribution is 0.383. The van der Waals surface area contributed by atoms with Crippen molar-refractivity contribution in [2.24, 2.45) is 0 Å². The summed E-state index contributed by atoms with van der Waals surface area (Å²) in [6.45, 7) is 9.00. The van der Waals surface area contributed by atoms with Gasteiger partial charge in [0.25, 0.3) is 0 Å². The fraction of sp³-hybridized carbons (Fsp3) is 0.368. The van der Waals surface area contributed by atoms with Crippen molar-refractivity contribution in [2.75, 3.05) is 28.3 Å². The predicted octanol–water partition coefficient (Wildman–Crippen LogP) is 3.56. The van der Waals surface area contributed by atoms with Crippen LogP contribution in [0.3, 0.4) is 0 Å². The summed E-state index contributed by atoms with van der Waals surface area (Å²) in [4.78, 5) is 2.12. The van der Waals surface area contributed by atoms with Crippen molar-refractivity contribution in [1.82, 2.24) is 10.2 Å². The van der Waals surface area contributed by atoms with E-state index in [1.165, 1.54) is 0 Å². The fourth-order valence-corrected chi connectivity index (χ4v) is 2.83. The van der Waals surface area contributed by atoms with Crippen molar-refractivity contribution < 1.29 is 9.47 Å². The molecule has 1 heterocycles. The Morgan fingerprint density at radius 1 is 1.13 bits per heavy atom. The minimum atomic E-state index is 0.691. The zero-order valence-corrected chi connectivity index (χ0v) is 14.9. The Kier molecular flexibility index (Phi) is 5.16. The van der Waals surface area contributed by atoms with Crippen molar-refractivity contribution in [1.29, 1.82) is 0 Å². The SMILES string of the molecule is C=C1C(C)=CC(c2cc(OC)c(CNC)c(OC)c2)=C(C)N1C. The van der Waals surface area contributed by atoms with Gasteiger partial charge in [-0.2, -0.15) is 0 Å². The second kappa shape index (κ2) is 6.92. The third kappa shape index (κ3) is 3.13. The Labute approximate surface area is 139 Å². The predicted molar refractivity (Wildman–Crippen MR) is 95.6 cm³/mol. The average Bonchev–Trinajstić information content (AvgIpc) is 2.56. The number of benzene rings is 1. The molecule has 0 aromatic heterocycles. The quantitative estimate of drug-likeness (QED) is 0.901. The van der Waals surface area contributed by atoms with Gasteiger partial charge in [-0.05, 0) is 50.2 Å². The zero-order valence-electron chi connectivity index (χ0n) is 14.9. The molecule has 0 fully saturated rings. The van der Waals surface area contributed by atoms with E-state index in [-0.39, 0.29) is 0 Å². The maximum absolute atomic E-state index is 5.59. The summed E-state index contributed by atoms with van der Waals surface area (Å²) in [5.41, 5.74) is 6.60. The molecule has 1 aromatic carbocycles. The van der Waals surface area contributed by atoms with Crippen LogP contribution in [0.5, 0.6) is 11.5 Å². The van der Waals surface area contributed by atoms with Gasteiger partial charge in [-0.25, -0.2) is 0 Å². The van der Waals surface area contributed by atoms with Gasteiger partial charge in [0, 0.05) is 36.1 Å². The molecule has 0 unspecified atom stereocenters. The number of rotatable bonds is 5. The summed E-state index contributed by atoms with van der Waals surface area (Å²) >= 11 is 0. The number of methoxy groups -OCH3 is 2. The van der Waals surface area contributed by atoms with Gasteiger partial charge in [-0.3, -0.25) is 0 Å². The lowest BCUT2D eigenvalue weighted by Gasteiger charge is -2.30. The molecule has 4 nitrogen and oxygen atoms in total. The molecule has 0 saturated heterocycles. The molecule has 0 amide bonds. The van der Waals surface area contributed by atoms with Gasteiger partial charge in [0.1, 0.15) is 11.5 Å². The van der Waals surface area contributed by atoms with E-state index >= 15 is 0 Å². The molecular weight excluding hydrogens is 288 g/mol. The monoisotopic (exact) mass is 314 g/mol. The third-order valence-electron chi connectivity index (χ3n) is 4.39. The van der Waals surface area contributed by atoms with Gasteiger partial charge in [-0.15, -0.1) is 0 Å². The van der Waals surface area contributed by atoms with Crippen LogP contribution in [0.1, 0.15) is 25.0 Å². The normalized spacial score (nSPS) is 15.0. The number of nitrogens with one attached hydrogen (secondary N) is 1. The molecule has 124 valence electrons. The Morgan fingerprint density at radius 3 is 2.17 bits per heavy atom.